The fourth-order valence-electron chi connectivity index (χ4n) is 2.41. The number of aromatic nitrogens is 2. The van der Waals surface area contributed by atoms with Gasteiger partial charge in [-0.05, 0) is 12.1 Å². The maximum atomic E-state index is 12.5. The van der Waals surface area contributed by atoms with E-state index >= 15 is 0 Å². The Morgan fingerprint density at radius 1 is 1.00 bits per heavy atom. The number of nitrogens with one attached hydrogen (secondary N) is 1. The smallest absolute Gasteiger partial charge is 0.368 e. The molecule has 0 amide bonds. The molecule has 1 fully saturated rings. The van der Waals surface area contributed by atoms with Gasteiger partial charge in [0, 0.05) is 49.7 Å². The molecule has 3 heterocycles. The number of piperazine rings is 1. The highest BCUT2D eigenvalue weighted by Gasteiger charge is 2.32. The van der Waals surface area contributed by atoms with Gasteiger partial charge in [-0.15, -0.1) is 0 Å². The first-order chi connectivity index (χ1) is 10.5. The molecule has 0 unspecified atom stereocenters. The minimum atomic E-state index is -4.42. The average Bonchev–Trinajstić information content (AvgIpc) is 2.55. The van der Waals surface area contributed by atoms with Crippen molar-refractivity contribution in [3.05, 3.63) is 42.5 Å². The predicted molar refractivity (Wildman–Crippen MR) is 77.6 cm³/mol. The summed E-state index contributed by atoms with van der Waals surface area (Å²) in [5.74, 6) is 0. The molecule has 0 radical (unpaired) electrons. The highest BCUT2D eigenvalue weighted by atomic mass is 19.4. The molecule has 0 aliphatic carbocycles. The zero-order valence-corrected chi connectivity index (χ0v) is 11.8. The summed E-state index contributed by atoms with van der Waals surface area (Å²) in [7, 11) is 0. The SMILES string of the molecule is FC(F)(F)c1ccc(-c2cncc(N3CCNCC3)c2)cn1. The molecule has 22 heavy (non-hydrogen) atoms. The molecule has 1 saturated heterocycles. The average molecular weight is 308 g/mol. The first kappa shape index (κ1) is 14.8. The minimum Gasteiger partial charge on any atom is -0.368 e. The molecule has 0 saturated carbocycles. The molecule has 1 aliphatic heterocycles. The lowest BCUT2D eigenvalue weighted by Gasteiger charge is -2.29. The Kier molecular flexibility index (Phi) is 3.98. The summed E-state index contributed by atoms with van der Waals surface area (Å²) in [5.41, 5.74) is 1.47. The van der Waals surface area contributed by atoms with Crippen LogP contribution in [0.25, 0.3) is 11.1 Å². The van der Waals surface area contributed by atoms with Crippen molar-refractivity contribution in [1.82, 2.24) is 15.3 Å². The number of anilines is 1. The number of hydrogen-bond acceptors (Lipinski definition) is 4. The maximum Gasteiger partial charge on any atom is 0.433 e. The van der Waals surface area contributed by atoms with Crippen LogP contribution in [0, 0.1) is 0 Å². The van der Waals surface area contributed by atoms with Crippen LogP contribution in [-0.4, -0.2) is 36.1 Å². The first-order valence-corrected chi connectivity index (χ1v) is 6.98. The third kappa shape index (κ3) is 3.19. The van der Waals surface area contributed by atoms with E-state index in [4.69, 9.17) is 0 Å². The van der Waals surface area contributed by atoms with E-state index < -0.39 is 11.9 Å². The molecular weight excluding hydrogens is 293 g/mol. The lowest BCUT2D eigenvalue weighted by Crippen LogP contribution is -2.43. The lowest BCUT2D eigenvalue weighted by molar-refractivity contribution is -0.141. The van der Waals surface area contributed by atoms with Crippen molar-refractivity contribution < 1.29 is 13.2 Å². The van der Waals surface area contributed by atoms with Gasteiger partial charge in [0.05, 0.1) is 11.9 Å². The molecular formula is C15H15F3N4. The zero-order valence-electron chi connectivity index (χ0n) is 11.8. The number of nitrogens with zero attached hydrogens (tertiary/aromatic N) is 3. The van der Waals surface area contributed by atoms with E-state index in [0.29, 0.717) is 5.56 Å². The topological polar surface area (TPSA) is 41.1 Å². The van der Waals surface area contributed by atoms with Crippen LogP contribution in [-0.2, 0) is 6.18 Å². The van der Waals surface area contributed by atoms with Gasteiger partial charge < -0.3 is 10.2 Å². The van der Waals surface area contributed by atoms with Crippen LogP contribution < -0.4 is 10.2 Å². The molecule has 2 aromatic heterocycles. The Labute approximate surface area is 126 Å². The molecule has 1 aliphatic rings. The van der Waals surface area contributed by atoms with Crippen molar-refractivity contribution in [3.8, 4) is 11.1 Å². The highest BCUT2D eigenvalue weighted by molar-refractivity contribution is 5.66. The number of rotatable bonds is 2. The van der Waals surface area contributed by atoms with Crippen molar-refractivity contribution in [2.45, 2.75) is 6.18 Å². The summed E-state index contributed by atoms with van der Waals surface area (Å²) < 4.78 is 37.6. The van der Waals surface area contributed by atoms with Crippen molar-refractivity contribution in [1.29, 1.82) is 0 Å². The monoisotopic (exact) mass is 308 g/mol. The molecule has 4 nitrogen and oxygen atoms in total. The second-order valence-electron chi connectivity index (χ2n) is 5.10. The summed E-state index contributed by atoms with van der Waals surface area (Å²) in [6.45, 7) is 3.59. The van der Waals surface area contributed by atoms with Crippen LogP contribution >= 0.6 is 0 Å². The van der Waals surface area contributed by atoms with E-state index in [-0.39, 0.29) is 0 Å². The number of halogens is 3. The predicted octanol–water partition coefficient (Wildman–Crippen LogP) is 2.57. The summed E-state index contributed by atoms with van der Waals surface area (Å²) >= 11 is 0. The van der Waals surface area contributed by atoms with Gasteiger partial charge in [-0.2, -0.15) is 13.2 Å². The Hall–Kier alpha value is -2.15. The molecule has 0 spiro atoms. The Bertz CT molecular complexity index is 634. The highest BCUT2D eigenvalue weighted by Crippen LogP contribution is 2.29. The van der Waals surface area contributed by atoms with E-state index in [1.807, 2.05) is 6.07 Å². The van der Waals surface area contributed by atoms with Crippen molar-refractivity contribution in [2.24, 2.45) is 0 Å². The minimum absolute atomic E-state index is 0.623. The van der Waals surface area contributed by atoms with E-state index in [1.54, 1.807) is 12.4 Å². The van der Waals surface area contributed by atoms with Gasteiger partial charge in [0.15, 0.2) is 0 Å². The summed E-state index contributed by atoms with van der Waals surface area (Å²) in [6, 6.07) is 4.35. The summed E-state index contributed by atoms with van der Waals surface area (Å²) in [5, 5.41) is 3.27. The second kappa shape index (κ2) is 5.92. The van der Waals surface area contributed by atoms with Gasteiger partial charge in [0.25, 0.3) is 0 Å². The van der Waals surface area contributed by atoms with Crippen LogP contribution in [0.1, 0.15) is 5.69 Å². The van der Waals surface area contributed by atoms with E-state index in [9.17, 15) is 13.2 Å². The molecule has 3 rings (SSSR count). The van der Waals surface area contributed by atoms with E-state index in [1.165, 1.54) is 12.3 Å². The van der Waals surface area contributed by atoms with Crippen LogP contribution in [0.5, 0.6) is 0 Å². The molecule has 2 aromatic rings. The lowest BCUT2D eigenvalue weighted by atomic mass is 10.1. The largest absolute Gasteiger partial charge is 0.433 e. The van der Waals surface area contributed by atoms with E-state index in [0.717, 1.165) is 43.5 Å². The molecule has 0 aromatic carbocycles. The first-order valence-electron chi connectivity index (χ1n) is 6.98. The zero-order chi connectivity index (χ0) is 15.6. The van der Waals surface area contributed by atoms with E-state index in [2.05, 4.69) is 20.2 Å². The summed E-state index contributed by atoms with van der Waals surface area (Å²) in [6.07, 6.45) is 0.225. The van der Waals surface area contributed by atoms with Gasteiger partial charge in [-0.1, -0.05) is 6.07 Å². The fourth-order valence-corrected chi connectivity index (χ4v) is 2.41. The van der Waals surface area contributed by atoms with Gasteiger partial charge in [-0.3, -0.25) is 9.97 Å². The normalized spacial score (nSPS) is 15.9. The van der Waals surface area contributed by atoms with Crippen LogP contribution in [0.15, 0.2) is 36.8 Å². The standard InChI is InChI=1S/C15H15F3N4/c16-15(17,18)14-2-1-11(9-21-14)12-7-13(10-20-8-12)22-5-3-19-4-6-22/h1-2,7-10,19H,3-6H2. The van der Waals surface area contributed by atoms with Crippen molar-refractivity contribution in [2.75, 3.05) is 31.1 Å². The third-order valence-electron chi connectivity index (χ3n) is 3.59. The molecule has 116 valence electrons. The number of alkyl halides is 3. The van der Waals surface area contributed by atoms with Gasteiger partial charge in [0.1, 0.15) is 5.69 Å². The fraction of sp³-hybridized carbons (Fsp3) is 0.333. The Morgan fingerprint density at radius 3 is 2.41 bits per heavy atom. The van der Waals surface area contributed by atoms with Crippen LogP contribution in [0.4, 0.5) is 18.9 Å². The van der Waals surface area contributed by atoms with Gasteiger partial charge in [-0.25, -0.2) is 0 Å². The molecule has 1 N–H and O–H groups in total. The number of hydrogen-bond donors (Lipinski definition) is 1. The van der Waals surface area contributed by atoms with Gasteiger partial charge >= 0.3 is 6.18 Å². The molecule has 0 bridgehead atoms. The van der Waals surface area contributed by atoms with Crippen molar-refractivity contribution >= 4 is 5.69 Å². The maximum absolute atomic E-state index is 12.5. The second-order valence-corrected chi connectivity index (χ2v) is 5.10. The summed E-state index contributed by atoms with van der Waals surface area (Å²) in [4.78, 5) is 9.89. The quantitative estimate of drug-likeness (QED) is 0.926. The van der Waals surface area contributed by atoms with Crippen LogP contribution in [0.3, 0.4) is 0 Å². The van der Waals surface area contributed by atoms with Crippen molar-refractivity contribution in [3.63, 3.8) is 0 Å². The Morgan fingerprint density at radius 2 is 1.77 bits per heavy atom. The third-order valence-corrected chi connectivity index (χ3v) is 3.59. The molecule has 0 atom stereocenters. The molecule has 7 heteroatoms. The van der Waals surface area contributed by atoms with Crippen LogP contribution in [0.2, 0.25) is 0 Å². The number of pyridine rings is 2. The van der Waals surface area contributed by atoms with Gasteiger partial charge in [0.2, 0.25) is 0 Å². The Balaban J connectivity index is 1.85.